The summed E-state index contributed by atoms with van der Waals surface area (Å²) in [5, 5.41) is 14.0. The lowest BCUT2D eigenvalue weighted by Crippen LogP contribution is -2.20. The molecule has 4 rings (SSSR count). The van der Waals surface area contributed by atoms with E-state index in [2.05, 4.69) is 20.8 Å². The molecule has 0 spiro atoms. The van der Waals surface area contributed by atoms with Gasteiger partial charge in [0.1, 0.15) is 5.82 Å². The van der Waals surface area contributed by atoms with Crippen LogP contribution in [0.1, 0.15) is 28.2 Å². The van der Waals surface area contributed by atoms with Gasteiger partial charge in [0.25, 0.3) is 5.91 Å². The van der Waals surface area contributed by atoms with Crippen LogP contribution in [-0.2, 0) is 18.3 Å². The second-order valence-corrected chi connectivity index (χ2v) is 6.58. The number of nitrogens with one attached hydrogen (secondary N) is 2. The minimum atomic E-state index is -0.194. The van der Waals surface area contributed by atoms with Gasteiger partial charge in [0.2, 0.25) is 5.91 Å². The minimum absolute atomic E-state index is 0.00975. The van der Waals surface area contributed by atoms with Crippen LogP contribution in [0.4, 0.5) is 11.4 Å². The highest BCUT2D eigenvalue weighted by Gasteiger charge is 2.17. The Morgan fingerprint density at radius 2 is 2.00 bits per heavy atom. The monoisotopic (exact) mass is 361 g/mol. The quantitative estimate of drug-likeness (QED) is 0.751. The maximum atomic E-state index is 12.7. The number of anilines is 2. The van der Waals surface area contributed by atoms with Gasteiger partial charge < -0.3 is 15.2 Å². The van der Waals surface area contributed by atoms with Crippen molar-refractivity contribution >= 4 is 23.2 Å². The normalized spacial score (nSPS) is 13.0. The van der Waals surface area contributed by atoms with E-state index in [1.807, 2.05) is 48.9 Å². The number of hydrogen-bond acceptors (Lipinski definition) is 4. The molecule has 2 amide bonds. The Kier molecular flexibility index (Phi) is 4.19. The number of carbonyl (C=O) groups is 2. The van der Waals surface area contributed by atoms with Gasteiger partial charge in [-0.05, 0) is 49.2 Å². The molecule has 1 aliphatic heterocycles. The zero-order valence-electron chi connectivity index (χ0n) is 15.1. The van der Waals surface area contributed by atoms with E-state index in [4.69, 9.17) is 0 Å². The van der Waals surface area contributed by atoms with Gasteiger partial charge in [0, 0.05) is 36.0 Å². The summed E-state index contributed by atoms with van der Waals surface area (Å²) in [5.74, 6) is 1.38. The van der Waals surface area contributed by atoms with E-state index in [9.17, 15) is 9.59 Å². The standard InChI is InChI=1S/C20H19N5O2/c1-12-23-24-19(25(12)2)14-4-3-5-16(11-14)21-20(27)15-6-8-17-13(10-15)7-9-18(26)22-17/h3-6,8,10-11H,7,9H2,1-2H3,(H,21,27)(H,22,26). The molecule has 3 aromatic rings. The summed E-state index contributed by atoms with van der Waals surface area (Å²) in [6.07, 6.45) is 1.08. The molecule has 2 heterocycles. The largest absolute Gasteiger partial charge is 0.326 e. The van der Waals surface area contributed by atoms with Gasteiger partial charge >= 0.3 is 0 Å². The van der Waals surface area contributed by atoms with E-state index in [0.29, 0.717) is 24.1 Å². The van der Waals surface area contributed by atoms with E-state index in [1.54, 1.807) is 12.1 Å². The Hall–Kier alpha value is -3.48. The molecule has 136 valence electrons. The molecule has 7 heteroatoms. The smallest absolute Gasteiger partial charge is 0.255 e. The van der Waals surface area contributed by atoms with Crippen LogP contribution in [0.15, 0.2) is 42.5 Å². The van der Waals surface area contributed by atoms with Gasteiger partial charge in [-0.25, -0.2) is 0 Å². The van der Waals surface area contributed by atoms with Crippen molar-refractivity contribution < 1.29 is 9.59 Å². The Labute approximate surface area is 156 Å². The van der Waals surface area contributed by atoms with Crippen molar-refractivity contribution in [2.45, 2.75) is 19.8 Å². The van der Waals surface area contributed by atoms with Crippen LogP contribution < -0.4 is 10.6 Å². The third kappa shape index (κ3) is 3.31. The van der Waals surface area contributed by atoms with Crippen LogP contribution in [0.5, 0.6) is 0 Å². The average molecular weight is 361 g/mol. The SMILES string of the molecule is Cc1nnc(-c2cccc(NC(=O)c3ccc4c(c3)CCC(=O)N4)c2)n1C. The lowest BCUT2D eigenvalue weighted by molar-refractivity contribution is -0.116. The molecule has 2 aromatic carbocycles. The fraction of sp³-hybridized carbons (Fsp3) is 0.200. The molecule has 0 saturated heterocycles. The van der Waals surface area contributed by atoms with Crippen LogP contribution in [-0.4, -0.2) is 26.6 Å². The van der Waals surface area contributed by atoms with Crippen molar-refractivity contribution in [1.82, 2.24) is 14.8 Å². The summed E-state index contributed by atoms with van der Waals surface area (Å²) in [7, 11) is 1.90. The third-order valence-electron chi connectivity index (χ3n) is 4.73. The first-order valence-corrected chi connectivity index (χ1v) is 8.72. The summed E-state index contributed by atoms with van der Waals surface area (Å²) in [4.78, 5) is 24.1. The van der Waals surface area contributed by atoms with Crippen molar-refractivity contribution in [2.75, 3.05) is 10.6 Å². The number of nitrogens with zero attached hydrogens (tertiary/aromatic N) is 3. The van der Waals surface area contributed by atoms with E-state index in [1.165, 1.54) is 0 Å². The number of aryl methyl sites for hydroxylation is 2. The maximum Gasteiger partial charge on any atom is 0.255 e. The van der Waals surface area contributed by atoms with Crippen molar-refractivity contribution in [2.24, 2.45) is 7.05 Å². The summed E-state index contributed by atoms with van der Waals surface area (Å²) in [5.41, 5.74) is 3.88. The van der Waals surface area contributed by atoms with E-state index >= 15 is 0 Å². The molecular formula is C20H19N5O2. The summed E-state index contributed by atoms with van der Waals surface area (Å²) < 4.78 is 1.90. The van der Waals surface area contributed by atoms with E-state index in [-0.39, 0.29) is 11.8 Å². The average Bonchev–Trinajstić information content (AvgIpc) is 3.00. The molecule has 0 radical (unpaired) electrons. The highest BCUT2D eigenvalue weighted by molar-refractivity contribution is 6.05. The first-order valence-electron chi connectivity index (χ1n) is 8.72. The van der Waals surface area contributed by atoms with Gasteiger partial charge in [-0.2, -0.15) is 0 Å². The van der Waals surface area contributed by atoms with Gasteiger partial charge in [-0.3, -0.25) is 9.59 Å². The summed E-state index contributed by atoms with van der Waals surface area (Å²) >= 11 is 0. The highest BCUT2D eigenvalue weighted by Crippen LogP contribution is 2.25. The molecule has 1 aromatic heterocycles. The highest BCUT2D eigenvalue weighted by atomic mass is 16.2. The number of fused-ring (bicyclic) bond motifs is 1. The zero-order valence-corrected chi connectivity index (χ0v) is 15.1. The first kappa shape index (κ1) is 17.0. The molecule has 0 bridgehead atoms. The maximum absolute atomic E-state index is 12.7. The third-order valence-corrected chi connectivity index (χ3v) is 4.73. The molecule has 0 unspecified atom stereocenters. The predicted octanol–water partition coefficient (Wildman–Crippen LogP) is 2.93. The number of rotatable bonds is 3. The van der Waals surface area contributed by atoms with Crippen molar-refractivity contribution in [1.29, 1.82) is 0 Å². The van der Waals surface area contributed by atoms with Gasteiger partial charge in [-0.15, -0.1) is 10.2 Å². The molecule has 2 N–H and O–H groups in total. The summed E-state index contributed by atoms with van der Waals surface area (Å²) in [6, 6.07) is 12.8. The first-order chi connectivity index (χ1) is 13.0. The second-order valence-electron chi connectivity index (χ2n) is 6.58. The number of benzene rings is 2. The second kappa shape index (κ2) is 6.68. The van der Waals surface area contributed by atoms with Gasteiger partial charge in [-0.1, -0.05) is 12.1 Å². The number of hydrogen-bond donors (Lipinski definition) is 2. The van der Waals surface area contributed by atoms with Crippen LogP contribution in [0.25, 0.3) is 11.4 Å². The predicted molar refractivity (Wildman–Crippen MR) is 103 cm³/mol. The van der Waals surface area contributed by atoms with Crippen LogP contribution in [0.3, 0.4) is 0 Å². The molecule has 0 saturated carbocycles. The molecule has 0 atom stereocenters. The topological polar surface area (TPSA) is 88.9 Å². The Morgan fingerprint density at radius 3 is 2.78 bits per heavy atom. The molecule has 1 aliphatic rings. The minimum Gasteiger partial charge on any atom is -0.326 e. The molecule has 7 nitrogen and oxygen atoms in total. The number of aromatic nitrogens is 3. The van der Waals surface area contributed by atoms with E-state index < -0.39 is 0 Å². The molecular weight excluding hydrogens is 342 g/mol. The van der Waals surface area contributed by atoms with Crippen molar-refractivity contribution in [3.63, 3.8) is 0 Å². The Bertz CT molecular complexity index is 1050. The van der Waals surface area contributed by atoms with Crippen LogP contribution >= 0.6 is 0 Å². The van der Waals surface area contributed by atoms with Crippen LogP contribution in [0.2, 0.25) is 0 Å². The van der Waals surface area contributed by atoms with Crippen molar-refractivity contribution in [3.05, 3.63) is 59.4 Å². The fourth-order valence-electron chi connectivity index (χ4n) is 3.12. The summed E-state index contributed by atoms with van der Waals surface area (Å²) in [6.45, 7) is 1.89. The lowest BCUT2D eigenvalue weighted by Gasteiger charge is -2.17. The van der Waals surface area contributed by atoms with Gasteiger partial charge in [0.15, 0.2) is 5.82 Å². The zero-order chi connectivity index (χ0) is 19.0. The molecule has 0 aliphatic carbocycles. The van der Waals surface area contributed by atoms with Gasteiger partial charge in [0.05, 0.1) is 0 Å². The Balaban J connectivity index is 1.56. The van der Waals surface area contributed by atoms with Crippen LogP contribution in [0, 0.1) is 6.92 Å². The molecule has 27 heavy (non-hydrogen) atoms. The van der Waals surface area contributed by atoms with E-state index in [0.717, 1.165) is 28.5 Å². The lowest BCUT2D eigenvalue weighted by atomic mass is 10.00. The number of carbonyl (C=O) groups excluding carboxylic acids is 2. The number of amides is 2. The fourth-order valence-corrected chi connectivity index (χ4v) is 3.12. The molecule has 0 fully saturated rings. The Morgan fingerprint density at radius 1 is 1.15 bits per heavy atom. The van der Waals surface area contributed by atoms with Crippen molar-refractivity contribution in [3.8, 4) is 11.4 Å².